The number of aromatic nitrogens is 1. The van der Waals surface area contributed by atoms with Gasteiger partial charge in [0.15, 0.2) is 0 Å². The molecule has 0 atom stereocenters. The van der Waals surface area contributed by atoms with Crippen LogP contribution in [0.25, 0.3) is 11.3 Å². The quantitative estimate of drug-likeness (QED) is 0.774. The van der Waals surface area contributed by atoms with E-state index in [0.717, 1.165) is 22.4 Å². The van der Waals surface area contributed by atoms with Crippen LogP contribution in [0.15, 0.2) is 53.1 Å². The first-order valence-electron chi connectivity index (χ1n) is 7.46. The van der Waals surface area contributed by atoms with E-state index in [-0.39, 0.29) is 5.91 Å². The maximum atomic E-state index is 12.7. The van der Waals surface area contributed by atoms with Gasteiger partial charge in [0.25, 0.3) is 5.91 Å². The summed E-state index contributed by atoms with van der Waals surface area (Å²) in [4.78, 5) is 12.7. The minimum absolute atomic E-state index is 0.213. The molecular formula is C19H18N2O2. The van der Waals surface area contributed by atoms with E-state index in [2.05, 4.69) is 10.5 Å². The molecule has 116 valence electrons. The van der Waals surface area contributed by atoms with Crippen molar-refractivity contribution in [2.75, 3.05) is 5.32 Å². The molecule has 3 aromatic rings. The van der Waals surface area contributed by atoms with Crippen LogP contribution >= 0.6 is 0 Å². The molecule has 1 N–H and O–H groups in total. The number of hydrogen-bond acceptors (Lipinski definition) is 3. The molecule has 0 fully saturated rings. The van der Waals surface area contributed by atoms with E-state index >= 15 is 0 Å². The van der Waals surface area contributed by atoms with Gasteiger partial charge in [-0.15, -0.1) is 0 Å². The van der Waals surface area contributed by atoms with Gasteiger partial charge in [-0.1, -0.05) is 53.2 Å². The first-order valence-corrected chi connectivity index (χ1v) is 7.46. The average Bonchev–Trinajstić information content (AvgIpc) is 2.93. The molecule has 2 aromatic carbocycles. The first kappa shape index (κ1) is 15.0. The van der Waals surface area contributed by atoms with E-state index in [4.69, 9.17) is 4.52 Å². The molecule has 3 rings (SSSR count). The van der Waals surface area contributed by atoms with Crippen molar-refractivity contribution in [1.82, 2.24) is 5.16 Å². The normalized spacial score (nSPS) is 10.6. The van der Waals surface area contributed by atoms with Crippen molar-refractivity contribution in [1.29, 1.82) is 0 Å². The zero-order valence-corrected chi connectivity index (χ0v) is 13.4. The minimum atomic E-state index is -0.213. The third-order valence-corrected chi connectivity index (χ3v) is 3.77. The lowest BCUT2D eigenvalue weighted by atomic mass is 10.1. The van der Waals surface area contributed by atoms with Crippen molar-refractivity contribution in [3.05, 3.63) is 71.0 Å². The largest absolute Gasteiger partial charge is 0.360 e. The fourth-order valence-corrected chi connectivity index (χ4v) is 2.57. The van der Waals surface area contributed by atoms with Crippen LogP contribution in [0.1, 0.15) is 27.2 Å². The lowest BCUT2D eigenvalue weighted by Gasteiger charge is -2.09. The summed E-state index contributed by atoms with van der Waals surface area (Å²) in [5, 5.41) is 7.00. The number of nitrogens with one attached hydrogen (secondary N) is 1. The third-order valence-electron chi connectivity index (χ3n) is 3.77. The number of benzene rings is 2. The molecule has 0 spiro atoms. The second-order valence-electron chi connectivity index (χ2n) is 5.60. The Labute approximate surface area is 135 Å². The fraction of sp³-hybridized carbons (Fsp3) is 0.158. The second-order valence-corrected chi connectivity index (χ2v) is 5.60. The molecule has 0 aliphatic rings. The number of rotatable bonds is 3. The predicted octanol–water partition coefficient (Wildman–Crippen LogP) is 4.52. The van der Waals surface area contributed by atoms with Crippen LogP contribution in [0, 0.1) is 20.8 Å². The summed E-state index contributed by atoms with van der Waals surface area (Å²) in [5.74, 6) is 0.292. The predicted molar refractivity (Wildman–Crippen MR) is 90.5 cm³/mol. The molecule has 1 heterocycles. The Morgan fingerprint density at radius 1 is 1.04 bits per heavy atom. The summed E-state index contributed by atoms with van der Waals surface area (Å²) in [7, 11) is 0. The Hall–Kier alpha value is -2.88. The first-order chi connectivity index (χ1) is 11.1. The van der Waals surface area contributed by atoms with E-state index in [0.29, 0.717) is 17.0 Å². The molecule has 0 unspecified atom stereocenters. The van der Waals surface area contributed by atoms with Crippen LogP contribution < -0.4 is 5.32 Å². The highest BCUT2D eigenvalue weighted by Crippen LogP contribution is 2.26. The van der Waals surface area contributed by atoms with Crippen molar-refractivity contribution >= 4 is 11.6 Å². The second kappa shape index (κ2) is 6.08. The number of anilines is 1. The van der Waals surface area contributed by atoms with E-state index in [1.54, 1.807) is 6.92 Å². The van der Waals surface area contributed by atoms with Crippen molar-refractivity contribution in [3.8, 4) is 11.3 Å². The summed E-state index contributed by atoms with van der Waals surface area (Å²) < 4.78 is 5.25. The Balaban J connectivity index is 1.96. The molecule has 0 saturated carbocycles. The molecule has 0 aliphatic heterocycles. The van der Waals surface area contributed by atoms with Crippen LogP contribution in [-0.2, 0) is 0 Å². The van der Waals surface area contributed by atoms with E-state index in [9.17, 15) is 4.79 Å². The zero-order chi connectivity index (χ0) is 16.4. The zero-order valence-electron chi connectivity index (χ0n) is 13.4. The van der Waals surface area contributed by atoms with Crippen LogP contribution in [0.4, 0.5) is 5.69 Å². The summed E-state index contributed by atoms with van der Waals surface area (Å²) in [5.41, 5.74) is 4.86. The van der Waals surface area contributed by atoms with Gasteiger partial charge < -0.3 is 9.84 Å². The van der Waals surface area contributed by atoms with E-state index < -0.39 is 0 Å². The monoisotopic (exact) mass is 306 g/mol. The van der Waals surface area contributed by atoms with Gasteiger partial charge in [0.2, 0.25) is 0 Å². The fourth-order valence-electron chi connectivity index (χ4n) is 2.57. The smallest absolute Gasteiger partial charge is 0.261 e. The molecule has 23 heavy (non-hydrogen) atoms. The molecule has 4 nitrogen and oxygen atoms in total. The van der Waals surface area contributed by atoms with Crippen LogP contribution in [0.3, 0.4) is 0 Å². The summed E-state index contributed by atoms with van der Waals surface area (Å²) in [6, 6.07) is 15.5. The van der Waals surface area contributed by atoms with Gasteiger partial charge in [0.1, 0.15) is 17.0 Å². The van der Waals surface area contributed by atoms with Gasteiger partial charge in [0, 0.05) is 11.3 Å². The van der Waals surface area contributed by atoms with Gasteiger partial charge in [-0.3, -0.25) is 4.79 Å². The Bertz CT molecular complexity index is 851. The minimum Gasteiger partial charge on any atom is -0.360 e. The van der Waals surface area contributed by atoms with Crippen LogP contribution in [0.5, 0.6) is 0 Å². The van der Waals surface area contributed by atoms with Crippen molar-refractivity contribution < 1.29 is 9.32 Å². The number of carbonyl (C=O) groups excluding carboxylic acids is 1. The lowest BCUT2D eigenvalue weighted by Crippen LogP contribution is -2.14. The Kier molecular flexibility index (Phi) is 3.98. The average molecular weight is 306 g/mol. The van der Waals surface area contributed by atoms with Crippen LogP contribution in [0.2, 0.25) is 0 Å². The number of nitrogens with zero attached hydrogens (tertiary/aromatic N) is 1. The number of carbonyl (C=O) groups is 1. The van der Waals surface area contributed by atoms with Crippen molar-refractivity contribution in [3.63, 3.8) is 0 Å². The topological polar surface area (TPSA) is 55.1 Å². The SMILES string of the molecule is Cc1ccc(NC(=O)c2c(-c3ccccc3)noc2C)c(C)c1. The van der Waals surface area contributed by atoms with Gasteiger partial charge >= 0.3 is 0 Å². The van der Waals surface area contributed by atoms with Crippen molar-refractivity contribution in [2.45, 2.75) is 20.8 Å². The molecule has 0 aliphatic carbocycles. The standard InChI is InChI=1S/C19H18N2O2/c1-12-9-10-16(13(2)11-12)20-19(22)17-14(3)23-21-18(17)15-7-5-4-6-8-15/h4-11H,1-3H3,(H,20,22). The highest BCUT2D eigenvalue weighted by molar-refractivity contribution is 6.09. The molecule has 1 aromatic heterocycles. The summed E-state index contributed by atoms with van der Waals surface area (Å²) >= 11 is 0. The number of aryl methyl sites for hydroxylation is 3. The molecule has 4 heteroatoms. The molecule has 1 amide bonds. The molecule has 0 radical (unpaired) electrons. The molecule has 0 bridgehead atoms. The van der Waals surface area contributed by atoms with Gasteiger partial charge in [0.05, 0.1) is 0 Å². The van der Waals surface area contributed by atoms with Gasteiger partial charge in [-0.25, -0.2) is 0 Å². The van der Waals surface area contributed by atoms with E-state index in [1.807, 2.05) is 62.4 Å². The maximum Gasteiger partial charge on any atom is 0.261 e. The number of hydrogen-bond donors (Lipinski definition) is 1. The lowest BCUT2D eigenvalue weighted by molar-refractivity contribution is 0.102. The van der Waals surface area contributed by atoms with Gasteiger partial charge in [-0.2, -0.15) is 0 Å². The van der Waals surface area contributed by atoms with Crippen molar-refractivity contribution in [2.24, 2.45) is 0 Å². The molecule has 0 saturated heterocycles. The highest BCUT2D eigenvalue weighted by Gasteiger charge is 2.21. The highest BCUT2D eigenvalue weighted by atomic mass is 16.5. The summed E-state index contributed by atoms with van der Waals surface area (Å²) in [6.45, 7) is 5.74. The summed E-state index contributed by atoms with van der Waals surface area (Å²) in [6.07, 6.45) is 0. The molecular weight excluding hydrogens is 288 g/mol. The maximum absolute atomic E-state index is 12.7. The Morgan fingerprint density at radius 2 is 1.78 bits per heavy atom. The van der Waals surface area contributed by atoms with Gasteiger partial charge in [-0.05, 0) is 32.4 Å². The van der Waals surface area contributed by atoms with Crippen LogP contribution in [-0.4, -0.2) is 11.1 Å². The third kappa shape index (κ3) is 3.01. The number of amides is 1. The van der Waals surface area contributed by atoms with E-state index in [1.165, 1.54) is 0 Å². The Morgan fingerprint density at radius 3 is 2.48 bits per heavy atom.